The van der Waals surface area contributed by atoms with Crippen LogP contribution < -0.4 is 4.74 Å². The normalized spacial score (nSPS) is 11.2. The van der Waals surface area contributed by atoms with Gasteiger partial charge in [0.25, 0.3) is 5.89 Å². The van der Waals surface area contributed by atoms with Crippen molar-refractivity contribution in [3.63, 3.8) is 0 Å². The Morgan fingerprint density at radius 3 is 2.69 bits per heavy atom. The van der Waals surface area contributed by atoms with Crippen molar-refractivity contribution in [3.05, 3.63) is 75.8 Å². The third-order valence-electron chi connectivity index (χ3n) is 5.00. The molecule has 0 aliphatic rings. The first kappa shape index (κ1) is 20.8. The second-order valence-electron chi connectivity index (χ2n) is 6.89. The molecule has 0 saturated carbocycles. The van der Waals surface area contributed by atoms with Crippen LogP contribution in [-0.2, 0) is 6.54 Å². The molecule has 0 fully saturated rings. The second-order valence-corrected chi connectivity index (χ2v) is 8.09. The van der Waals surface area contributed by atoms with E-state index in [0.717, 1.165) is 16.5 Å². The molecule has 0 saturated heterocycles. The summed E-state index contributed by atoms with van der Waals surface area (Å²) in [6, 6.07) is 12.7. The van der Waals surface area contributed by atoms with Crippen molar-refractivity contribution in [1.82, 2.24) is 24.7 Å². The Kier molecular flexibility index (Phi) is 5.46. The van der Waals surface area contributed by atoms with Crippen molar-refractivity contribution in [2.75, 3.05) is 7.11 Å². The van der Waals surface area contributed by atoms with Crippen LogP contribution in [0.4, 0.5) is 0 Å². The molecule has 2 aromatic carbocycles. The highest BCUT2D eigenvalue weighted by Gasteiger charge is 2.24. The molecule has 32 heavy (non-hydrogen) atoms. The van der Waals surface area contributed by atoms with Crippen LogP contribution in [-0.4, -0.2) is 31.8 Å². The average molecular weight is 487 g/mol. The highest BCUT2D eigenvalue weighted by atomic mass is 35.5. The molecular formula is C22H14Cl3N5O2. The first-order chi connectivity index (χ1) is 15.5. The van der Waals surface area contributed by atoms with Gasteiger partial charge in [0.05, 0.1) is 24.7 Å². The van der Waals surface area contributed by atoms with Gasteiger partial charge < -0.3 is 13.8 Å². The Balaban J connectivity index is 1.67. The Morgan fingerprint density at radius 2 is 1.94 bits per heavy atom. The third-order valence-corrected chi connectivity index (χ3v) is 5.98. The number of aromatic nitrogens is 5. The molecule has 3 aromatic heterocycles. The summed E-state index contributed by atoms with van der Waals surface area (Å²) in [5.74, 6) is 1.28. The summed E-state index contributed by atoms with van der Waals surface area (Å²) in [5.41, 5.74) is 2.86. The molecule has 0 spiro atoms. The Bertz CT molecular complexity index is 1430. The van der Waals surface area contributed by atoms with E-state index in [4.69, 9.17) is 44.1 Å². The summed E-state index contributed by atoms with van der Waals surface area (Å²) < 4.78 is 12.9. The number of hydrogen-bond acceptors (Lipinski definition) is 6. The minimum absolute atomic E-state index is 0.266. The minimum Gasteiger partial charge on any atom is -0.497 e. The number of benzene rings is 2. The van der Waals surface area contributed by atoms with Crippen molar-refractivity contribution >= 4 is 45.7 Å². The first-order valence-corrected chi connectivity index (χ1v) is 10.6. The monoisotopic (exact) mass is 485 g/mol. The van der Waals surface area contributed by atoms with E-state index in [1.165, 1.54) is 6.33 Å². The molecule has 3 heterocycles. The Hall–Kier alpha value is -3.13. The maximum atomic E-state index is 6.87. The van der Waals surface area contributed by atoms with Gasteiger partial charge >= 0.3 is 0 Å². The highest BCUT2D eigenvalue weighted by Crippen LogP contribution is 2.40. The largest absolute Gasteiger partial charge is 0.497 e. The van der Waals surface area contributed by atoms with E-state index in [9.17, 15) is 0 Å². The van der Waals surface area contributed by atoms with Crippen LogP contribution in [0.3, 0.4) is 0 Å². The zero-order chi connectivity index (χ0) is 22.2. The molecule has 7 nitrogen and oxygen atoms in total. The number of rotatable bonds is 5. The summed E-state index contributed by atoms with van der Waals surface area (Å²) in [4.78, 5) is 12.6. The SMILES string of the molecule is COc1ccc2c(c1)c(-c1nc(-c3ccncn3)no1)c(Cl)n2Cc1ccc(Cl)cc1Cl. The van der Waals surface area contributed by atoms with Gasteiger partial charge in [-0.2, -0.15) is 4.98 Å². The lowest BCUT2D eigenvalue weighted by Crippen LogP contribution is -2.00. The Morgan fingerprint density at radius 1 is 1.06 bits per heavy atom. The van der Waals surface area contributed by atoms with E-state index in [2.05, 4.69) is 20.1 Å². The minimum atomic E-state index is 0.266. The van der Waals surface area contributed by atoms with Crippen LogP contribution >= 0.6 is 34.8 Å². The van der Waals surface area contributed by atoms with Crippen LogP contribution in [0.1, 0.15) is 5.56 Å². The van der Waals surface area contributed by atoms with Gasteiger partial charge in [-0.3, -0.25) is 0 Å². The molecular weight excluding hydrogens is 473 g/mol. The van der Waals surface area contributed by atoms with Gasteiger partial charge in [-0.1, -0.05) is 46.0 Å². The summed E-state index contributed by atoms with van der Waals surface area (Å²) in [7, 11) is 1.60. The van der Waals surface area contributed by atoms with Gasteiger partial charge in [-0.05, 0) is 42.0 Å². The molecule has 0 aliphatic heterocycles. The molecule has 0 N–H and O–H groups in total. The first-order valence-electron chi connectivity index (χ1n) is 9.45. The molecule has 0 unspecified atom stereocenters. The van der Waals surface area contributed by atoms with Crippen molar-refractivity contribution in [1.29, 1.82) is 0 Å². The van der Waals surface area contributed by atoms with Crippen LogP contribution in [0, 0.1) is 0 Å². The average Bonchev–Trinajstić information content (AvgIpc) is 3.38. The topological polar surface area (TPSA) is 78.9 Å². The van der Waals surface area contributed by atoms with E-state index < -0.39 is 0 Å². The van der Waals surface area contributed by atoms with Crippen molar-refractivity contribution in [2.24, 2.45) is 0 Å². The molecule has 5 rings (SSSR count). The van der Waals surface area contributed by atoms with E-state index in [1.54, 1.807) is 31.5 Å². The van der Waals surface area contributed by atoms with Gasteiger partial charge in [0.1, 0.15) is 22.9 Å². The molecule has 160 valence electrons. The van der Waals surface area contributed by atoms with Crippen LogP contribution in [0.5, 0.6) is 5.75 Å². The maximum Gasteiger partial charge on any atom is 0.262 e. The fraction of sp³-hybridized carbons (Fsp3) is 0.0909. The van der Waals surface area contributed by atoms with E-state index in [-0.39, 0.29) is 5.89 Å². The Labute approximate surface area is 197 Å². The number of fused-ring (bicyclic) bond motifs is 1. The molecule has 0 atom stereocenters. The van der Waals surface area contributed by atoms with Crippen molar-refractivity contribution in [3.8, 4) is 28.7 Å². The maximum absolute atomic E-state index is 6.87. The van der Waals surface area contributed by atoms with E-state index >= 15 is 0 Å². The zero-order valence-electron chi connectivity index (χ0n) is 16.6. The fourth-order valence-corrected chi connectivity index (χ4v) is 4.26. The molecule has 0 radical (unpaired) electrons. The van der Waals surface area contributed by atoms with Gasteiger partial charge in [-0.15, -0.1) is 0 Å². The van der Waals surface area contributed by atoms with E-state index in [1.807, 2.05) is 28.8 Å². The smallest absolute Gasteiger partial charge is 0.262 e. The number of methoxy groups -OCH3 is 1. The molecule has 0 bridgehead atoms. The number of ether oxygens (including phenoxy) is 1. The molecule has 0 amide bonds. The van der Waals surface area contributed by atoms with Crippen LogP contribution in [0.2, 0.25) is 15.2 Å². The fourth-order valence-electron chi connectivity index (χ4n) is 3.46. The number of hydrogen-bond donors (Lipinski definition) is 0. The van der Waals surface area contributed by atoms with E-state index in [0.29, 0.717) is 44.6 Å². The van der Waals surface area contributed by atoms with Crippen molar-refractivity contribution < 1.29 is 9.26 Å². The quantitative estimate of drug-likeness (QED) is 0.296. The number of nitrogens with zero attached hydrogens (tertiary/aromatic N) is 5. The third kappa shape index (κ3) is 3.68. The standard InChI is InChI=1S/C22H14Cl3N5O2/c1-31-14-4-5-18-15(9-14)19(22-28-21(29-32-22)17-6-7-26-11-27-17)20(25)30(18)10-12-2-3-13(23)8-16(12)24/h2-9,11H,10H2,1H3. The highest BCUT2D eigenvalue weighted by molar-refractivity contribution is 6.35. The number of halogens is 3. The van der Waals surface area contributed by atoms with Gasteiger partial charge in [0, 0.05) is 21.6 Å². The summed E-state index contributed by atoms with van der Waals surface area (Å²) in [6.45, 7) is 0.421. The molecule has 10 heteroatoms. The van der Waals surface area contributed by atoms with Gasteiger partial charge in [-0.25, -0.2) is 9.97 Å². The predicted octanol–water partition coefficient (Wildman–Crippen LogP) is 6.17. The lowest BCUT2D eigenvalue weighted by Gasteiger charge is -2.10. The zero-order valence-corrected chi connectivity index (χ0v) is 18.9. The molecule has 0 aliphatic carbocycles. The summed E-state index contributed by atoms with van der Waals surface area (Å²) >= 11 is 19.3. The van der Waals surface area contributed by atoms with Crippen LogP contribution in [0.15, 0.2) is 59.5 Å². The molecule has 5 aromatic rings. The summed E-state index contributed by atoms with van der Waals surface area (Å²) in [5, 5.41) is 6.41. The lowest BCUT2D eigenvalue weighted by atomic mass is 10.1. The van der Waals surface area contributed by atoms with Gasteiger partial charge in [0.2, 0.25) is 5.82 Å². The lowest BCUT2D eigenvalue weighted by molar-refractivity contribution is 0.415. The van der Waals surface area contributed by atoms with Crippen LogP contribution in [0.25, 0.3) is 33.9 Å². The predicted molar refractivity (Wildman–Crippen MR) is 123 cm³/mol. The van der Waals surface area contributed by atoms with Crippen molar-refractivity contribution in [2.45, 2.75) is 6.54 Å². The summed E-state index contributed by atoms with van der Waals surface area (Å²) in [6.07, 6.45) is 3.03. The second kappa shape index (κ2) is 8.43. The van der Waals surface area contributed by atoms with Gasteiger partial charge in [0.15, 0.2) is 0 Å².